The van der Waals surface area contributed by atoms with Crippen molar-refractivity contribution in [1.82, 2.24) is 29.2 Å². The second-order valence-corrected chi connectivity index (χ2v) is 11.1. The van der Waals surface area contributed by atoms with Crippen LogP contribution in [0, 0.1) is 5.82 Å². The number of nitrogens with one attached hydrogen (secondary N) is 1. The summed E-state index contributed by atoms with van der Waals surface area (Å²) in [7, 11) is 8.08. The van der Waals surface area contributed by atoms with Crippen molar-refractivity contribution in [3.05, 3.63) is 70.6 Å². The number of hydrogen-bond acceptors (Lipinski definition) is 7. The van der Waals surface area contributed by atoms with Crippen molar-refractivity contribution in [2.45, 2.75) is 38.4 Å². The highest BCUT2D eigenvalue weighted by atomic mass is 19.1. The van der Waals surface area contributed by atoms with Gasteiger partial charge in [-0.3, -0.25) is 9.78 Å². The molecule has 2 aromatic heterocycles. The van der Waals surface area contributed by atoms with Crippen LogP contribution in [-0.2, 0) is 18.5 Å². The number of aromatic nitrogens is 3. The van der Waals surface area contributed by atoms with E-state index in [1.165, 1.54) is 11.8 Å². The van der Waals surface area contributed by atoms with E-state index < -0.39 is 5.82 Å². The first-order valence-electron chi connectivity index (χ1n) is 13.4. The van der Waals surface area contributed by atoms with E-state index in [0.29, 0.717) is 25.4 Å². The monoisotopic (exact) mass is 535 g/mol. The number of halogens is 1. The summed E-state index contributed by atoms with van der Waals surface area (Å²) >= 11 is 0. The van der Waals surface area contributed by atoms with Crippen molar-refractivity contribution < 1.29 is 13.9 Å². The van der Waals surface area contributed by atoms with Crippen LogP contribution in [0.2, 0.25) is 0 Å². The fourth-order valence-corrected chi connectivity index (χ4v) is 6.26. The maximum absolute atomic E-state index is 14.3. The number of amides is 1. The van der Waals surface area contributed by atoms with Crippen LogP contribution in [0.4, 0.5) is 10.3 Å². The number of likely N-dealkylation sites (tertiary alicyclic amines) is 1. The van der Waals surface area contributed by atoms with Crippen molar-refractivity contribution in [3.63, 3.8) is 0 Å². The minimum Gasteiger partial charge on any atom is -0.491 e. The molecule has 10 heteroatoms. The van der Waals surface area contributed by atoms with E-state index in [0.717, 1.165) is 42.3 Å². The summed E-state index contributed by atoms with van der Waals surface area (Å²) in [5.41, 5.74) is 4.57. The topological polar surface area (TPSA) is 78.8 Å². The SMILES string of the molecule is CCOc1cc(C(C)N2CC3(CN(C)C3)c3c(CN(C)C)cc(Cn4ccnc4NC)cc3C2=O)ncc1F. The largest absolute Gasteiger partial charge is 0.491 e. The van der Waals surface area contributed by atoms with Crippen molar-refractivity contribution in [3.8, 4) is 5.75 Å². The standard InChI is InChI=1S/C29H38FN7O2/c1-7-39-25-12-24(33-13-23(25)30)19(2)37-18-29(16-35(6)17-29)26-21(15-34(4)5)10-20(11-22(26)27(37)38)14-36-9-8-32-28(36)31-3/h8-13,19H,7,14-18H2,1-6H3,(H,31,32). The van der Waals surface area contributed by atoms with Crippen LogP contribution in [0.15, 0.2) is 36.8 Å². The van der Waals surface area contributed by atoms with Gasteiger partial charge >= 0.3 is 0 Å². The molecule has 1 amide bonds. The molecule has 0 saturated carbocycles. The number of ether oxygens (including phenoxy) is 1. The lowest BCUT2D eigenvalue weighted by atomic mass is 9.67. The number of anilines is 1. The van der Waals surface area contributed by atoms with E-state index in [-0.39, 0.29) is 23.1 Å². The molecule has 39 heavy (non-hydrogen) atoms. The van der Waals surface area contributed by atoms with E-state index in [1.807, 2.05) is 36.6 Å². The molecule has 0 bridgehead atoms. The van der Waals surface area contributed by atoms with Crippen molar-refractivity contribution in [2.24, 2.45) is 0 Å². The summed E-state index contributed by atoms with van der Waals surface area (Å²) in [5.74, 6) is 0.406. The molecule has 4 heterocycles. The fraction of sp³-hybridized carbons (Fsp3) is 0.483. The second kappa shape index (κ2) is 10.6. The third-order valence-corrected chi connectivity index (χ3v) is 7.73. The molecule has 2 aliphatic rings. The predicted molar refractivity (Wildman–Crippen MR) is 149 cm³/mol. The minimum atomic E-state index is -0.501. The molecule has 0 radical (unpaired) electrons. The van der Waals surface area contributed by atoms with Gasteiger partial charge in [-0.25, -0.2) is 9.37 Å². The molecule has 5 rings (SSSR count). The van der Waals surface area contributed by atoms with Gasteiger partial charge in [0, 0.05) is 62.7 Å². The van der Waals surface area contributed by atoms with Gasteiger partial charge in [-0.2, -0.15) is 0 Å². The van der Waals surface area contributed by atoms with Gasteiger partial charge in [0.25, 0.3) is 5.91 Å². The van der Waals surface area contributed by atoms with Gasteiger partial charge in [0.05, 0.1) is 31.1 Å². The Hall–Kier alpha value is -3.50. The summed E-state index contributed by atoms with van der Waals surface area (Å²) in [6.07, 6.45) is 4.89. The first-order valence-corrected chi connectivity index (χ1v) is 13.4. The summed E-state index contributed by atoms with van der Waals surface area (Å²) in [6, 6.07) is 5.58. The van der Waals surface area contributed by atoms with Crippen LogP contribution in [0.25, 0.3) is 0 Å². The Morgan fingerprint density at radius 2 is 1.97 bits per heavy atom. The molecule has 1 spiro atoms. The van der Waals surface area contributed by atoms with E-state index in [2.05, 4.69) is 58.4 Å². The van der Waals surface area contributed by atoms with Crippen molar-refractivity contribution in [1.29, 1.82) is 0 Å². The van der Waals surface area contributed by atoms with Crippen molar-refractivity contribution in [2.75, 3.05) is 59.7 Å². The minimum absolute atomic E-state index is 0.0249. The Kier molecular flexibility index (Phi) is 7.35. The number of benzene rings is 1. The summed E-state index contributed by atoms with van der Waals surface area (Å²) in [6.45, 7) is 7.77. The van der Waals surface area contributed by atoms with E-state index in [4.69, 9.17) is 4.74 Å². The fourth-order valence-electron chi connectivity index (χ4n) is 6.26. The highest BCUT2D eigenvalue weighted by Crippen LogP contribution is 2.45. The molecule has 1 fully saturated rings. The maximum atomic E-state index is 14.3. The molecule has 1 aromatic carbocycles. The first kappa shape index (κ1) is 27.1. The summed E-state index contributed by atoms with van der Waals surface area (Å²) in [5, 5.41) is 3.13. The number of hydrogen-bond donors (Lipinski definition) is 1. The van der Waals surface area contributed by atoms with Crippen LogP contribution in [0.1, 0.15) is 52.6 Å². The first-order chi connectivity index (χ1) is 18.7. The number of carbonyl (C=O) groups excluding carboxylic acids is 1. The number of pyridine rings is 1. The molecule has 0 aliphatic carbocycles. The van der Waals surface area contributed by atoms with Crippen LogP contribution in [0.5, 0.6) is 5.75 Å². The molecule has 2 aliphatic heterocycles. The number of imidazole rings is 1. The maximum Gasteiger partial charge on any atom is 0.254 e. The predicted octanol–water partition coefficient (Wildman–Crippen LogP) is 3.37. The summed E-state index contributed by atoms with van der Waals surface area (Å²) in [4.78, 5) is 29.4. The molecule has 208 valence electrons. The van der Waals surface area contributed by atoms with Crippen LogP contribution in [0.3, 0.4) is 0 Å². The van der Waals surface area contributed by atoms with Crippen molar-refractivity contribution >= 4 is 11.9 Å². The Bertz CT molecular complexity index is 1370. The number of fused-ring (bicyclic) bond motifs is 2. The molecule has 1 atom stereocenters. The van der Waals surface area contributed by atoms with Gasteiger partial charge < -0.3 is 29.3 Å². The van der Waals surface area contributed by atoms with Gasteiger partial charge in [0.1, 0.15) is 0 Å². The Morgan fingerprint density at radius 3 is 2.64 bits per heavy atom. The smallest absolute Gasteiger partial charge is 0.254 e. The van der Waals surface area contributed by atoms with Gasteiger partial charge in [-0.05, 0) is 57.7 Å². The van der Waals surface area contributed by atoms with Crippen LogP contribution in [-0.4, -0.2) is 89.6 Å². The number of nitrogens with zero attached hydrogens (tertiary/aromatic N) is 6. The molecule has 1 saturated heterocycles. The average molecular weight is 536 g/mol. The zero-order valence-corrected chi connectivity index (χ0v) is 23.7. The zero-order valence-electron chi connectivity index (χ0n) is 23.7. The molecule has 1 N–H and O–H groups in total. The third-order valence-electron chi connectivity index (χ3n) is 7.73. The normalized spacial score (nSPS) is 17.3. The van der Waals surface area contributed by atoms with Gasteiger partial charge in [-0.15, -0.1) is 0 Å². The lowest BCUT2D eigenvalue weighted by Crippen LogP contribution is -2.66. The summed E-state index contributed by atoms with van der Waals surface area (Å²) < 4.78 is 21.8. The molecular formula is C29H38FN7O2. The second-order valence-electron chi connectivity index (χ2n) is 11.1. The lowest BCUT2D eigenvalue weighted by Gasteiger charge is -2.55. The average Bonchev–Trinajstić information content (AvgIpc) is 3.32. The molecule has 9 nitrogen and oxygen atoms in total. The Balaban J connectivity index is 1.59. The number of carbonyl (C=O) groups is 1. The van der Waals surface area contributed by atoms with Crippen LogP contribution < -0.4 is 10.1 Å². The van der Waals surface area contributed by atoms with E-state index in [1.54, 1.807) is 12.3 Å². The van der Waals surface area contributed by atoms with E-state index in [9.17, 15) is 9.18 Å². The third kappa shape index (κ3) is 4.98. The van der Waals surface area contributed by atoms with Crippen LogP contribution >= 0.6 is 0 Å². The Labute approximate surface area is 229 Å². The molecular weight excluding hydrogens is 497 g/mol. The van der Waals surface area contributed by atoms with E-state index >= 15 is 0 Å². The molecule has 3 aromatic rings. The molecule has 1 unspecified atom stereocenters. The highest BCUT2D eigenvalue weighted by Gasteiger charge is 2.52. The highest BCUT2D eigenvalue weighted by molar-refractivity contribution is 5.98. The number of rotatable bonds is 9. The lowest BCUT2D eigenvalue weighted by molar-refractivity contribution is 0.0228. The van der Waals surface area contributed by atoms with Gasteiger partial charge in [0.15, 0.2) is 11.6 Å². The van der Waals surface area contributed by atoms with Gasteiger partial charge in [-0.1, -0.05) is 6.07 Å². The number of likely N-dealkylation sites (N-methyl/N-ethyl adjacent to an activating group) is 1. The quantitative estimate of drug-likeness (QED) is 0.450. The van der Waals surface area contributed by atoms with Gasteiger partial charge in [0.2, 0.25) is 5.95 Å². The zero-order chi connectivity index (χ0) is 27.9. The Morgan fingerprint density at radius 1 is 1.21 bits per heavy atom.